The molecule has 0 unspecified atom stereocenters. The van der Waals surface area contributed by atoms with Crippen molar-refractivity contribution in [1.29, 1.82) is 0 Å². The Kier molecular flexibility index (Phi) is 3.30. The molecule has 2 rings (SSSR count). The summed E-state index contributed by atoms with van der Waals surface area (Å²) in [6.07, 6.45) is 0. The lowest BCUT2D eigenvalue weighted by Gasteiger charge is -2.04. The highest BCUT2D eigenvalue weighted by Crippen LogP contribution is 2.30. The molecule has 4 nitrogen and oxygen atoms in total. The lowest BCUT2D eigenvalue weighted by atomic mass is 10.3. The van der Waals surface area contributed by atoms with E-state index in [1.54, 1.807) is 31.4 Å². The minimum Gasteiger partial charge on any atom is -0.497 e. The number of aromatic carboxylic acids is 1. The van der Waals surface area contributed by atoms with Crippen LogP contribution in [-0.2, 0) is 0 Å². The molecule has 17 heavy (non-hydrogen) atoms. The molecule has 1 heterocycles. The molecule has 0 saturated heterocycles. The Hall–Kier alpha value is -2.01. The fourth-order valence-corrected chi connectivity index (χ4v) is 1.98. The standard InChI is InChI=1S/C12H10O4S/c1-15-8-3-2-4-9(7-8)16-11-6-5-10(17-11)12(13)14/h2-7H,1H3,(H,13,14). The zero-order valence-corrected chi connectivity index (χ0v) is 9.86. The molecule has 0 fully saturated rings. The van der Waals surface area contributed by atoms with Crippen LogP contribution >= 0.6 is 11.3 Å². The third-order valence-corrected chi connectivity index (χ3v) is 3.00. The highest BCUT2D eigenvalue weighted by molar-refractivity contribution is 7.15. The van der Waals surface area contributed by atoms with Crippen LogP contribution in [0.15, 0.2) is 36.4 Å². The number of benzene rings is 1. The molecule has 0 aliphatic heterocycles. The Morgan fingerprint density at radius 2 is 2.00 bits per heavy atom. The van der Waals surface area contributed by atoms with Crippen molar-refractivity contribution < 1.29 is 19.4 Å². The second-order valence-corrected chi connectivity index (χ2v) is 4.25. The van der Waals surface area contributed by atoms with Crippen molar-refractivity contribution in [3.8, 4) is 16.6 Å². The Morgan fingerprint density at radius 1 is 1.24 bits per heavy atom. The van der Waals surface area contributed by atoms with E-state index in [0.29, 0.717) is 16.6 Å². The Labute approximate surface area is 102 Å². The van der Waals surface area contributed by atoms with Gasteiger partial charge in [-0.05, 0) is 24.3 Å². The van der Waals surface area contributed by atoms with Crippen LogP contribution in [0.4, 0.5) is 0 Å². The molecule has 1 aromatic heterocycles. The largest absolute Gasteiger partial charge is 0.497 e. The van der Waals surface area contributed by atoms with E-state index in [9.17, 15) is 4.79 Å². The zero-order valence-electron chi connectivity index (χ0n) is 9.04. The van der Waals surface area contributed by atoms with Crippen molar-refractivity contribution in [3.63, 3.8) is 0 Å². The topological polar surface area (TPSA) is 55.8 Å². The van der Waals surface area contributed by atoms with Crippen LogP contribution in [0.2, 0.25) is 0 Å². The highest BCUT2D eigenvalue weighted by Gasteiger charge is 2.08. The van der Waals surface area contributed by atoms with Gasteiger partial charge in [0.05, 0.1) is 7.11 Å². The summed E-state index contributed by atoms with van der Waals surface area (Å²) in [5, 5.41) is 9.32. The molecule has 0 amide bonds. The summed E-state index contributed by atoms with van der Waals surface area (Å²) in [4.78, 5) is 11.0. The van der Waals surface area contributed by atoms with Crippen LogP contribution in [0.1, 0.15) is 9.67 Å². The lowest BCUT2D eigenvalue weighted by molar-refractivity contribution is 0.0702. The van der Waals surface area contributed by atoms with Crippen molar-refractivity contribution >= 4 is 17.3 Å². The molecule has 0 aliphatic carbocycles. The fourth-order valence-electron chi connectivity index (χ4n) is 1.27. The van der Waals surface area contributed by atoms with Gasteiger partial charge in [0, 0.05) is 6.07 Å². The molecule has 0 atom stereocenters. The van der Waals surface area contributed by atoms with Crippen LogP contribution in [-0.4, -0.2) is 18.2 Å². The minimum atomic E-state index is -0.949. The molecule has 0 saturated carbocycles. The normalized spacial score (nSPS) is 9.94. The van der Waals surface area contributed by atoms with E-state index >= 15 is 0 Å². The molecule has 0 spiro atoms. The first-order valence-electron chi connectivity index (χ1n) is 4.84. The monoisotopic (exact) mass is 250 g/mol. The predicted molar refractivity (Wildman–Crippen MR) is 64.3 cm³/mol. The number of methoxy groups -OCH3 is 1. The van der Waals surface area contributed by atoms with Crippen molar-refractivity contribution in [3.05, 3.63) is 41.3 Å². The van der Waals surface area contributed by atoms with Crippen LogP contribution in [0.25, 0.3) is 0 Å². The van der Waals surface area contributed by atoms with Gasteiger partial charge in [-0.15, -0.1) is 0 Å². The Balaban J connectivity index is 2.16. The summed E-state index contributed by atoms with van der Waals surface area (Å²) in [7, 11) is 1.58. The van der Waals surface area contributed by atoms with E-state index in [0.717, 1.165) is 11.3 Å². The molecule has 0 radical (unpaired) electrons. The van der Waals surface area contributed by atoms with E-state index in [1.165, 1.54) is 6.07 Å². The van der Waals surface area contributed by atoms with Gasteiger partial charge in [-0.25, -0.2) is 4.79 Å². The highest BCUT2D eigenvalue weighted by atomic mass is 32.1. The number of ether oxygens (including phenoxy) is 2. The second kappa shape index (κ2) is 4.88. The summed E-state index contributed by atoms with van der Waals surface area (Å²) in [5.74, 6) is 0.358. The summed E-state index contributed by atoms with van der Waals surface area (Å²) >= 11 is 1.09. The smallest absolute Gasteiger partial charge is 0.345 e. The summed E-state index contributed by atoms with van der Waals surface area (Å²) < 4.78 is 10.6. The number of carboxylic acids is 1. The maximum atomic E-state index is 10.7. The van der Waals surface area contributed by atoms with Crippen molar-refractivity contribution in [2.45, 2.75) is 0 Å². The van der Waals surface area contributed by atoms with Gasteiger partial charge in [0.15, 0.2) is 5.06 Å². The van der Waals surface area contributed by atoms with Gasteiger partial charge in [0.2, 0.25) is 0 Å². The van der Waals surface area contributed by atoms with Crippen molar-refractivity contribution in [2.24, 2.45) is 0 Å². The molecule has 2 aromatic rings. The van der Waals surface area contributed by atoms with Gasteiger partial charge in [0.25, 0.3) is 0 Å². The Bertz CT molecular complexity index is 533. The van der Waals surface area contributed by atoms with Gasteiger partial charge >= 0.3 is 5.97 Å². The quantitative estimate of drug-likeness (QED) is 0.905. The average molecular weight is 250 g/mol. The Morgan fingerprint density at radius 3 is 2.65 bits per heavy atom. The second-order valence-electron chi connectivity index (χ2n) is 3.20. The maximum Gasteiger partial charge on any atom is 0.345 e. The first kappa shape index (κ1) is 11.5. The number of rotatable bonds is 4. The zero-order chi connectivity index (χ0) is 12.3. The van der Waals surface area contributed by atoms with Crippen LogP contribution in [0, 0.1) is 0 Å². The maximum absolute atomic E-state index is 10.7. The molecule has 88 valence electrons. The van der Waals surface area contributed by atoms with E-state index in [-0.39, 0.29) is 4.88 Å². The summed E-state index contributed by atoms with van der Waals surface area (Å²) in [6.45, 7) is 0. The molecule has 5 heteroatoms. The average Bonchev–Trinajstić information content (AvgIpc) is 2.78. The summed E-state index contributed by atoms with van der Waals surface area (Å²) in [5.41, 5.74) is 0. The van der Waals surface area contributed by atoms with Gasteiger partial charge < -0.3 is 14.6 Å². The fraction of sp³-hybridized carbons (Fsp3) is 0.0833. The van der Waals surface area contributed by atoms with Crippen LogP contribution in [0.3, 0.4) is 0 Å². The van der Waals surface area contributed by atoms with Gasteiger partial charge in [-0.3, -0.25) is 0 Å². The molecular weight excluding hydrogens is 240 g/mol. The molecule has 1 aromatic carbocycles. The molecule has 0 aliphatic rings. The predicted octanol–water partition coefficient (Wildman–Crippen LogP) is 3.25. The number of hydrogen-bond acceptors (Lipinski definition) is 4. The molecule has 0 bridgehead atoms. The van der Waals surface area contributed by atoms with E-state index in [1.807, 2.05) is 6.07 Å². The van der Waals surface area contributed by atoms with Gasteiger partial charge in [-0.2, -0.15) is 0 Å². The first-order valence-corrected chi connectivity index (χ1v) is 5.66. The first-order chi connectivity index (χ1) is 8.19. The summed E-state index contributed by atoms with van der Waals surface area (Å²) in [6, 6.07) is 10.3. The van der Waals surface area contributed by atoms with E-state index in [4.69, 9.17) is 14.6 Å². The third-order valence-electron chi connectivity index (χ3n) is 2.05. The lowest BCUT2D eigenvalue weighted by Crippen LogP contribution is -1.89. The SMILES string of the molecule is COc1cccc(Oc2ccc(C(=O)O)s2)c1. The van der Waals surface area contributed by atoms with E-state index in [2.05, 4.69) is 0 Å². The van der Waals surface area contributed by atoms with Crippen LogP contribution in [0.5, 0.6) is 16.6 Å². The van der Waals surface area contributed by atoms with E-state index < -0.39 is 5.97 Å². The number of carboxylic acid groups (broad SMARTS) is 1. The number of thiophene rings is 1. The van der Waals surface area contributed by atoms with Crippen molar-refractivity contribution in [1.82, 2.24) is 0 Å². The third kappa shape index (κ3) is 2.76. The number of hydrogen-bond donors (Lipinski definition) is 1. The van der Waals surface area contributed by atoms with Gasteiger partial charge in [-0.1, -0.05) is 17.4 Å². The van der Waals surface area contributed by atoms with Crippen LogP contribution < -0.4 is 9.47 Å². The molecule has 1 N–H and O–H groups in total. The number of carbonyl (C=O) groups is 1. The molecular formula is C12H10O4S. The van der Waals surface area contributed by atoms with Crippen molar-refractivity contribution in [2.75, 3.05) is 7.11 Å². The van der Waals surface area contributed by atoms with Gasteiger partial charge in [0.1, 0.15) is 16.4 Å². The minimum absolute atomic E-state index is 0.253.